The molecule has 0 aromatic heterocycles. The van der Waals surface area contributed by atoms with Crippen LogP contribution in [0.2, 0.25) is 0 Å². The van der Waals surface area contributed by atoms with E-state index in [1.807, 2.05) is 26.0 Å². The van der Waals surface area contributed by atoms with E-state index in [2.05, 4.69) is 23.6 Å². The third-order valence-corrected chi connectivity index (χ3v) is 7.07. The van der Waals surface area contributed by atoms with E-state index in [4.69, 9.17) is 4.74 Å². The number of rotatable bonds is 6. The van der Waals surface area contributed by atoms with Gasteiger partial charge in [0.1, 0.15) is 5.75 Å². The van der Waals surface area contributed by atoms with Gasteiger partial charge >= 0.3 is 6.03 Å². The molecule has 0 heterocycles. The molecular formula is C23H34N2O2. The highest BCUT2D eigenvalue weighted by molar-refractivity contribution is 5.74. The third kappa shape index (κ3) is 3.95. The van der Waals surface area contributed by atoms with Crippen LogP contribution in [-0.4, -0.2) is 19.2 Å². The molecule has 0 saturated heterocycles. The van der Waals surface area contributed by atoms with Gasteiger partial charge in [0.25, 0.3) is 0 Å². The fourth-order valence-corrected chi connectivity index (χ4v) is 6.39. The summed E-state index contributed by atoms with van der Waals surface area (Å²) in [5.74, 6) is 3.61. The summed E-state index contributed by atoms with van der Waals surface area (Å²) in [5.41, 5.74) is 2.59. The van der Waals surface area contributed by atoms with Gasteiger partial charge < -0.3 is 15.4 Å². The van der Waals surface area contributed by atoms with Gasteiger partial charge in [0.2, 0.25) is 0 Å². The van der Waals surface area contributed by atoms with E-state index in [0.29, 0.717) is 12.0 Å². The highest BCUT2D eigenvalue weighted by atomic mass is 16.5. The highest BCUT2D eigenvalue weighted by Crippen LogP contribution is 2.59. The molecule has 148 valence electrons. The fraction of sp³-hybridized carbons (Fsp3) is 0.696. The monoisotopic (exact) mass is 370 g/mol. The van der Waals surface area contributed by atoms with Crippen molar-refractivity contribution in [2.75, 3.05) is 13.2 Å². The first-order valence-electron chi connectivity index (χ1n) is 10.7. The largest absolute Gasteiger partial charge is 0.494 e. The quantitative estimate of drug-likeness (QED) is 0.743. The summed E-state index contributed by atoms with van der Waals surface area (Å²) in [7, 11) is 0. The van der Waals surface area contributed by atoms with Crippen molar-refractivity contribution >= 4 is 6.03 Å². The topological polar surface area (TPSA) is 50.4 Å². The van der Waals surface area contributed by atoms with Crippen LogP contribution in [0.4, 0.5) is 4.79 Å². The maximum atomic E-state index is 12.6. The van der Waals surface area contributed by atoms with Crippen LogP contribution >= 0.6 is 0 Å². The minimum atomic E-state index is -0.0807. The van der Waals surface area contributed by atoms with Crippen molar-refractivity contribution in [3.8, 4) is 5.75 Å². The molecule has 4 aliphatic carbocycles. The van der Waals surface area contributed by atoms with Gasteiger partial charge in [-0.3, -0.25) is 0 Å². The third-order valence-electron chi connectivity index (χ3n) is 7.07. The zero-order valence-electron chi connectivity index (χ0n) is 17.0. The summed E-state index contributed by atoms with van der Waals surface area (Å²) in [6, 6.07) is 6.02. The lowest BCUT2D eigenvalue weighted by Gasteiger charge is -2.56. The predicted molar refractivity (Wildman–Crippen MR) is 108 cm³/mol. The lowest BCUT2D eigenvalue weighted by atomic mass is 9.49. The Kier molecular flexibility index (Phi) is 5.09. The Bertz CT molecular complexity index is 664. The molecule has 27 heavy (non-hydrogen) atoms. The molecule has 1 unspecified atom stereocenters. The molecule has 4 nitrogen and oxygen atoms in total. The smallest absolute Gasteiger partial charge is 0.315 e. The molecule has 1 atom stereocenters. The van der Waals surface area contributed by atoms with Crippen LogP contribution in [0.25, 0.3) is 0 Å². The van der Waals surface area contributed by atoms with Gasteiger partial charge in [-0.1, -0.05) is 17.7 Å². The Labute approximate surface area is 163 Å². The molecule has 4 bridgehead atoms. The van der Waals surface area contributed by atoms with Crippen LogP contribution < -0.4 is 15.4 Å². The fourth-order valence-electron chi connectivity index (χ4n) is 6.39. The number of carbonyl (C=O) groups is 1. The number of ether oxygens (including phenoxy) is 1. The SMILES string of the molecule is CCOc1ccc(C)cc1C(C)NC(=O)NCC12CC3CC(CC(C3)C1)C2. The van der Waals surface area contributed by atoms with Crippen molar-refractivity contribution < 1.29 is 9.53 Å². The average Bonchev–Trinajstić information content (AvgIpc) is 2.60. The van der Waals surface area contributed by atoms with Crippen molar-refractivity contribution in [1.82, 2.24) is 10.6 Å². The molecule has 4 heteroatoms. The Hall–Kier alpha value is -1.71. The molecule has 4 fully saturated rings. The van der Waals surface area contributed by atoms with Gasteiger partial charge in [0.05, 0.1) is 12.6 Å². The Morgan fingerprint density at radius 3 is 2.41 bits per heavy atom. The number of aryl methyl sites for hydroxylation is 1. The van der Waals surface area contributed by atoms with Gasteiger partial charge in [0, 0.05) is 12.1 Å². The predicted octanol–water partition coefficient (Wildman–Crippen LogP) is 4.97. The number of nitrogens with one attached hydrogen (secondary N) is 2. The molecule has 4 saturated carbocycles. The van der Waals surface area contributed by atoms with Gasteiger partial charge in [-0.05, 0) is 88.5 Å². The summed E-state index contributed by atoms with van der Waals surface area (Å²) in [6.07, 6.45) is 8.28. The number of urea groups is 1. The van der Waals surface area contributed by atoms with Crippen molar-refractivity contribution in [3.63, 3.8) is 0 Å². The zero-order valence-corrected chi connectivity index (χ0v) is 17.0. The van der Waals surface area contributed by atoms with Crippen LogP contribution in [-0.2, 0) is 0 Å². The average molecular weight is 371 g/mol. The van der Waals surface area contributed by atoms with Crippen molar-refractivity contribution in [3.05, 3.63) is 29.3 Å². The first kappa shape index (κ1) is 18.6. The second-order valence-corrected chi connectivity index (χ2v) is 9.44. The summed E-state index contributed by atoms with van der Waals surface area (Å²) in [5, 5.41) is 6.34. The molecule has 0 radical (unpaired) electrons. The lowest BCUT2D eigenvalue weighted by Crippen LogP contribution is -2.52. The summed E-state index contributed by atoms with van der Waals surface area (Å²) < 4.78 is 5.75. The molecular weight excluding hydrogens is 336 g/mol. The van der Waals surface area contributed by atoms with Crippen molar-refractivity contribution in [1.29, 1.82) is 0 Å². The van der Waals surface area contributed by atoms with Gasteiger partial charge in [-0.15, -0.1) is 0 Å². The standard InChI is InChI=1S/C23H34N2O2/c1-4-27-21-6-5-15(2)7-20(21)16(3)25-22(26)24-14-23-11-17-8-18(12-23)10-19(9-17)13-23/h5-7,16-19H,4,8-14H2,1-3H3,(H2,24,25,26). The Morgan fingerprint density at radius 1 is 1.19 bits per heavy atom. The van der Waals surface area contributed by atoms with Gasteiger partial charge in [-0.2, -0.15) is 0 Å². The van der Waals surface area contributed by atoms with E-state index >= 15 is 0 Å². The van der Waals surface area contributed by atoms with Crippen LogP contribution in [0, 0.1) is 30.1 Å². The number of benzene rings is 1. The van der Waals surface area contributed by atoms with Crippen LogP contribution in [0.5, 0.6) is 5.75 Å². The van der Waals surface area contributed by atoms with E-state index < -0.39 is 0 Å². The minimum Gasteiger partial charge on any atom is -0.494 e. The summed E-state index contributed by atoms with van der Waals surface area (Å²) in [4.78, 5) is 12.6. The van der Waals surface area contributed by atoms with Gasteiger partial charge in [0.15, 0.2) is 0 Å². The van der Waals surface area contributed by atoms with Crippen LogP contribution in [0.3, 0.4) is 0 Å². The van der Waals surface area contributed by atoms with Gasteiger partial charge in [-0.25, -0.2) is 4.79 Å². The number of hydrogen-bond donors (Lipinski definition) is 2. The van der Waals surface area contributed by atoms with Crippen LogP contribution in [0.15, 0.2) is 18.2 Å². The first-order chi connectivity index (χ1) is 13.0. The normalized spacial score (nSPS) is 32.2. The molecule has 1 aromatic rings. The molecule has 2 N–H and O–H groups in total. The molecule has 1 aromatic carbocycles. The van der Waals surface area contributed by atoms with E-state index in [0.717, 1.165) is 35.6 Å². The van der Waals surface area contributed by atoms with E-state index in [1.54, 1.807) is 0 Å². The Morgan fingerprint density at radius 2 is 1.81 bits per heavy atom. The van der Waals surface area contributed by atoms with E-state index in [9.17, 15) is 4.79 Å². The number of carbonyl (C=O) groups excluding carboxylic acids is 1. The molecule has 4 aliphatic rings. The summed E-state index contributed by atoms with van der Waals surface area (Å²) in [6.45, 7) is 7.54. The molecule has 0 aliphatic heterocycles. The van der Waals surface area contributed by atoms with Crippen molar-refractivity contribution in [2.45, 2.75) is 65.3 Å². The first-order valence-corrected chi connectivity index (χ1v) is 10.7. The second kappa shape index (κ2) is 7.37. The second-order valence-electron chi connectivity index (χ2n) is 9.44. The van der Waals surface area contributed by atoms with Crippen molar-refractivity contribution in [2.24, 2.45) is 23.2 Å². The minimum absolute atomic E-state index is 0.0535. The molecule has 0 spiro atoms. The van der Waals surface area contributed by atoms with Crippen LogP contribution in [0.1, 0.15) is 69.5 Å². The Balaban J connectivity index is 1.35. The van der Waals surface area contributed by atoms with E-state index in [-0.39, 0.29) is 12.1 Å². The number of amides is 2. The number of hydrogen-bond acceptors (Lipinski definition) is 2. The zero-order chi connectivity index (χ0) is 19.0. The maximum absolute atomic E-state index is 12.6. The molecule has 5 rings (SSSR count). The van der Waals surface area contributed by atoms with E-state index in [1.165, 1.54) is 44.1 Å². The highest BCUT2D eigenvalue weighted by Gasteiger charge is 2.50. The lowest BCUT2D eigenvalue weighted by molar-refractivity contribution is -0.0498. The molecule has 2 amide bonds. The summed E-state index contributed by atoms with van der Waals surface area (Å²) >= 11 is 0. The maximum Gasteiger partial charge on any atom is 0.315 e.